The number of nitrogens with one attached hydrogen (secondary N) is 1. The molecule has 7 heteroatoms. The molecule has 0 spiro atoms. The molecule has 1 N–H and O–H groups in total. The molecule has 4 nitrogen and oxygen atoms in total. The molecule has 25 heavy (non-hydrogen) atoms. The predicted octanol–water partition coefficient (Wildman–Crippen LogP) is 5.33. The maximum absolute atomic E-state index is 12.6. The third-order valence-corrected chi connectivity index (χ3v) is 4.77. The van der Waals surface area contributed by atoms with Crippen LogP contribution in [0.1, 0.15) is 15.9 Å². The molecule has 0 aliphatic heterocycles. The molecule has 0 unspecified atom stereocenters. The lowest BCUT2D eigenvalue weighted by atomic mass is 10.2. The van der Waals surface area contributed by atoms with Gasteiger partial charge in [-0.2, -0.15) is 0 Å². The average molecular weight is 390 g/mol. The van der Waals surface area contributed by atoms with Crippen molar-refractivity contribution in [2.45, 2.75) is 10.8 Å². The zero-order valence-electron chi connectivity index (χ0n) is 12.9. The van der Waals surface area contributed by atoms with Crippen LogP contribution in [-0.2, 0) is 5.75 Å². The van der Waals surface area contributed by atoms with E-state index in [-0.39, 0.29) is 5.91 Å². The Morgan fingerprint density at radius 2 is 1.76 bits per heavy atom. The molecule has 0 aliphatic carbocycles. The Hall–Kier alpha value is -2.08. The number of halogens is 2. The fourth-order valence-corrected chi connectivity index (χ4v) is 3.61. The Labute approximate surface area is 159 Å². The molecular formula is C18H13Cl2N3OS. The van der Waals surface area contributed by atoms with E-state index < -0.39 is 0 Å². The van der Waals surface area contributed by atoms with Crippen molar-refractivity contribution in [1.29, 1.82) is 0 Å². The molecule has 0 saturated carbocycles. The summed E-state index contributed by atoms with van der Waals surface area (Å²) < 4.78 is 0. The van der Waals surface area contributed by atoms with E-state index >= 15 is 0 Å². The summed E-state index contributed by atoms with van der Waals surface area (Å²) in [5.74, 6) is 0.437. The van der Waals surface area contributed by atoms with E-state index in [2.05, 4.69) is 15.3 Å². The van der Waals surface area contributed by atoms with Gasteiger partial charge in [0, 0.05) is 40.1 Å². The number of aromatic nitrogens is 2. The van der Waals surface area contributed by atoms with Crippen molar-refractivity contribution >= 4 is 46.6 Å². The molecule has 0 saturated heterocycles. The quantitative estimate of drug-likeness (QED) is 0.599. The Kier molecular flexibility index (Phi) is 5.91. The summed E-state index contributed by atoms with van der Waals surface area (Å²) in [7, 11) is 0. The van der Waals surface area contributed by atoms with Gasteiger partial charge in [-0.1, -0.05) is 23.2 Å². The molecule has 1 aromatic carbocycles. The highest BCUT2D eigenvalue weighted by Gasteiger charge is 2.13. The minimum absolute atomic E-state index is 0.260. The van der Waals surface area contributed by atoms with Crippen LogP contribution in [-0.4, -0.2) is 15.9 Å². The number of carbonyl (C=O) groups is 1. The Bertz CT molecular complexity index is 870. The number of rotatable bonds is 5. The van der Waals surface area contributed by atoms with Crippen LogP contribution in [0.5, 0.6) is 0 Å². The number of anilines is 1. The van der Waals surface area contributed by atoms with Crippen molar-refractivity contribution in [1.82, 2.24) is 9.97 Å². The van der Waals surface area contributed by atoms with Crippen LogP contribution in [0.2, 0.25) is 10.0 Å². The molecule has 0 atom stereocenters. The van der Waals surface area contributed by atoms with E-state index in [0.29, 0.717) is 32.1 Å². The van der Waals surface area contributed by atoms with Gasteiger partial charge in [0.2, 0.25) is 0 Å². The summed E-state index contributed by atoms with van der Waals surface area (Å²) >= 11 is 13.4. The van der Waals surface area contributed by atoms with Crippen LogP contribution in [0.4, 0.5) is 5.69 Å². The lowest BCUT2D eigenvalue weighted by molar-refractivity contribution is 0.102. The number of amides is 1. The van der Waals surface area contributed by atoms with Gasteiger partial charge < -0.3 is 5.32 Å². The van der Waals surface area contributed by atoms with E-state index in [0.717, 1.165) is 5.56 Å². The fraction of sp³-hybridized carbons (Fsp3) is 0.0556. The number of thioether (sulfide) groups is 1. The van der Waals surface area contributed by atoms with Gasteiger partial charge in [0.05, 0.1) is 5.56 Å². The highest BCUT2D eigenvalue weighted by atomic mass is 35.5. The highest BCUT2D eigenvalue weighted by molar-refractivity contribution is 7.98. The second-order valence-corrected chi connectivity index (χ2v) is 6.95. The topological polar surface area (TPSA) is 54.9 Å². The Morgan fingerprint density at radius 3 is 2.48 bits per heavy atom. The average Bonchev–Trinajstić information content (AvgIpc) is 2.60. The highest BCUT2D eigenvalue weighted by Crippen LogP contribution is 2.26. The van der Waals surface area contributed by atoms with E-state index in [1.165, 1.54) is 11.8 Å². The van der Waals surface area contributed by atoms with Gasteiger partial charge in [-0.3, -0.25) is 9.78 Å². The van der Waals surface area contributed by atoms with Crippen LogP contribution in [0.15, 0.2) is 66.1 Å². The lowest BCUT2D eigenvalue weighted by Gasteiger charge is -2.10. The van der Waals surface area contributed by atoms with Gasteiger partial charge >= 0.3 is 0 Å². The van der Waals surface area contributed by atoms with Gasteiger partial charge in [0.25, 0.3) is 5.91 Å². The monoisotopic (exact) mass is 389 g/mol. The summed E-state index contributed by atoms with van der Waals surface area (Å²) in [6, 6.07) is 12.2. The van der Waals surface area contributed by atoms with E-state index in [4.69, 9.17) is 23.2 Å². The van der Waals surface area contributed by atoms with Gasteiger partial charge in [0.15, 0.2) is 0 Å². The number of nitrogens with zero attached hydrogens (tertiary/aromatic N) is 2. The normalized spacial score (nSPS) is 10.5. The van der Waals surface area contributed by atoms with Crippen LogP contribution >= 0.6 is 35.0 Å². The van der Waals surface area contributed by atoms with E-state index in [1.807, 2.05) is 12.1 Å². The maximum atomic E-state index is 12.6. The zero-order chi connectivity index (χ0) is 17.6. The maximum Gasteiger partial charge on any atom is 0.258 e. The molecular weight excluding hydrogens is 377 g/mol. The van der Waals surface area contributed by atoms with E-state index in [1.54, 1.807) is 48.9 Å². The first kappa shape index (κ1) is 17.7. The van der Waals surface area contributed by atoms with Crippen molar-refractivity contribution < 1.29 is 4.79 Å². The number of pyridine rings is 2. The third kappa shape index (κ3) is 4.95. The van der Waals surface area contributed by atoms with Crippen molar-refractivity contribution in [2.75, 3.05) is 5.32 Å². The number of carbonyl (C=O) groups excluding carboxylic acids is 1. The Morgan fingerprint density at radius 1 is 1.04 bits per heavy atom. The predicted molar refractivity (Wildman–Crippen MR) is 102 cm³/mol. The smallest absolute Gasteiger partial charge is 0.258 e. The first-order valence-electron chi connectivity index (χ1n) is 7.36. The van der Waals surface area contributed by atoms with E-state index in [9.17, 15) is 4.79 Å². The molecule has 0 radical (unpaired) electrons. The second-order valence-electron chi connectivity index (χ2n) is 5.11. The summed E-state index contributed by atoms with van der Waals surface area (Å²) in [6.07, 6.45) is 5.15. The summed E-state index contributed by atoms with van der Waals surface area (Å²) in [5, 5.41) is 4.38. The van der Waals surface area contributed by atoms with Crippen molar-refractivity contribution in [3.63, 3.8) is 0 Å². The fourth-order valence-electron chi connectivity index (χ4n) is 2.13. The molecule has 1 amide bonds. The van der Waals surface area contributed by atoms with Crippen LogP contribution < -0.4 is 5.32 Å². The molecule has 126 valence electrons. The van der Waals surface area contributed by atoms with Gasteiger partial charge in [-0.25, -0.2) is 4.98 Å². The number of hydrogen-bond acceptors (Lipinski definition) is 4. The van der Waals surface area contributed by atoms with Gasteiger partial charge in [-0.05, 0) is 48.0 Å². The third-order valence-electron chi connectivity index (χ3n) is 3.26. The molecule has 2 aromatic heterocycles. The number of benzene rings is 1. The summed E-state index contributed by atoms with van der Waals surface area (Å²) in [6.45, 7) is 0. The van der Waals surface area contributed by atoms with Gasteiger partial charge in [-0.15, -0.1) is 11.8 Å². The van der Waals surface area contributed by atoms with Gasteiger partial charge in [0.1, 0.15) is 5.03 Å². The molecule has 0 bridgehead atoms. The minimum Gasteiger partial charge on any atom is -0.322 e. The lowest BCUT2D eigenvalue weighted by Crippen LogP contribution is -2.13. The molecule has 0 fully saturated rings. The van der Waals surface area contributed by atoms with Crippen molar-refractivity contribution in [3.8, 4) is 0 Å². The standard InChI is InChI=1S/C18H13Cl2N3OS/c19-13-8-14(20)10-15(9-13)23-17(24)16-2-1-5-22-18(16)25-11-12-3-6-21-7-4-12/h1-10H,11H2,(H,23,24). The molecule has 0 aliphatic rings. The second kappa shape index (κ2) is 8.34. The van der Waals surface area contributed by atoms with Crippen molar-refractivity contribution in [2.24, 2.45) is 0 Å². The van der Waals surface area contributed by atoms with Crippen LogP contribution in [0, 0.1) is 0 Å². The Balaban J connectivity index is 1.76. The summed E-state index contributed by atoms with van der Waals surface area (Å²) in [4.78, 5) is 20.9. The van der Waals surface area contributed by atoms with Crippen LogP contribution in [0.25, 0.3) is 0 Å². The zero-order valence-corrected chi connectivity index (χ0v) is 15.3. The van der Waals surface area contributed by atoms with Crippen LogP contribution in [0.3, 0.4) is 0 Å². The summed E-state index contributed by atoms with van der Waals surface area (Å²) in [5.41, 5.74) is 2.15. The molecule has 3 rings (SSSR count). The number of hydrogen-bond donors (Lipinski definition) is 1. The van der Waals surface area contributed by atoms with Crippen molar-refractivity contribution in [3.05, 3.63) is 82.2 Å². The minimum atomic E-state index is -0.260. The largest absolute Gasteiger partial charge is 0.322 e. The SMILES string of the molecule is O=C(Nc1cc(Cl)cc(Cl)c1)c1cccnc1SCc1ccncc1. The molecule has 3 aromatic rings. The molecule has 2 heterocycles. The first-order chi connectivity index (χ1) is 12.1. The first-order valence-corrected chi connectivity index (χ1v) is 9.10.